The van der Waals surface area contributed by atoms with Crippen LogP contribution < -0.4 is 4.74 Å². The van der Waals surface area contributed by atoms with E-state index >= 15 is 0 Å². The molecular weight excluding hydrogens is 168 g/mol. The lowest BCUT2D eigenvalue weighted by atomic mass is 10.2. The second kappa shape index (κ2) is 2.69. The number of phenolic OH excluding ortho intramolecular Hbond substituents is 1. The molecule has 2 rings (SSSR count). The van der Waals surface area contributed by atoms with Crippen molar-refractivity contribution in [3.05, 3.63) is 24.0 Å². The summed E-state index contributed by atoms with van der Waals surface area (Å²) in [5.41, 5.74) is 1.74. The van der Waals surface area contributed by atoms with Gasteiger partial charge in [-0.1, -0.05) is 0 Å². The van der Waals surface area contributed by atoms with Crippen molar-refractivity contribution in [2.75, 3.05) is 7.11 Å². The van der Waals surface area contributed by atoms with Crippen molar-refractivity contribution in [1.29, 1.82) is 0 Å². The molecule has 1 aromatic carbocycles. The second-order valence-corrected chi connectivity index (χ2v) is 2.94. The van der Waals surface area contributed by atoms with Crippen LogP contribution in [0.3, 0.4) is 0 Å². The quantitative estimate of drug-likeness (QED) is 0.729. The van der Waals surface area contributed by atoms with Crippen molar-refractivity contribution in [3.8, 4) is 11.5 Å². The van der Waals surface area contributed by atoms with Crippen molar-refractivity contribution in [2.45, 2.75) is 6.92 Å². The van der Waals surface area contributed by atoms with Crippen LogP contribution >= 0.6 is 0 Å². The largest absolute Gasteiger partial charge is 0.504 e. The highest BCUT2D eigenvalue weighted by Crippen LogP contribution is 2.33. The third-order valence-corrected chi connectivity index (χ3v) is 2.07. The zero-order valence-electron chi connectivity index (χ0n) is 7.50. The Balaban J connectivity index is 2.76. The summed E-state index contributed by atoms with van der Waals surface area (Å²) in [6.07, 6.45) is 1.66. The maximum absolute atomic E-state index is 9.48. The van der Waals surface area contributed by atoms with E-state index < -0.39 is 0 Å². The smallest absolute Gasteiger partial charge is 0.164 e. The van der Waals surface area contributed by atoms with Gasteiger partial charge in [-0.25, -0.2) is 0 Å². The molecular formula is C10H10O3. The molecule has 0 amide bonds. The number of phenols is 1. The van der Waals surface area contributed by atoms with Crippen molar-refractivity contribution < 1.29 is 14.3 Å². The lowest BCUT2D eigenvalue weighted by molar-refractivity contribution is 0.373. The number of furan rings is 1. The predicted molar refractivity (Wildman–Crippen MR) is 49.2 cm³/mol. The van der Waals surface area contributed by atoms with E-state index in [1.165, 1.54) is 7.11 Å². The van der Waals surface area contributed by atoms with Crippen molar-refractivity contribution in [3.63, 3.8) is 0 Å². The summed E-state index contributed by atoms with van der Waals surface area (Å²) in [6.45, 7) is 1.93. The normalized spacial score (nSPS) is 10.6. The highest BCUT2D eigenvalue weighted by Gasteiger charge is 2.07. The molecule has 3 heteroatoms. The van der Waals surface area contributed by atoms with Gasteiger partial charge in [0.15, 0.2) is 11.5 Å². The minimum atomic E-state index is 0.138. The summed E-state index contributed by atoms with van der Waals surface area (Å²) in [4.78, 5) is 0. The molecule has 0 spiro atoms. The van der Waals surface area contributed by atoms with Gasteiger partial charge in [0.05, 0.1) is 13.4 Å². The van der Waals surface area contributed by atoms with E-state index in [1.54, 1.807) is 18.4 Å². The molecule has 0 saturated heterocycles. The minimum Gasteiger partial charge on any atom is -0.504 e. The van der Waals surface area contributed by atoms with Crippen molar-refractivity contribution >= 4 is 11.0 Å². The maximum Gasteiger partial charge on any atom is 0.164 e. The Morgan fingerprint density at radius 2 is 2.15 bits per heavy atom. The summed E-state index contributed by atoms with van der Waals surface area (Å²) < 4.78 is 10.2. The molecule has 2 aromatic rings. The van der Waals surface area contributed by atoms with E-state index in [1.807, 2.05) is 6.92 Å². The average molecular weight is 178 g/mol. The molecule has 0 fully saturated rings. The lowest BCUT2D eigenvalue weighted by Crippen LogP contribution is -1.82. The fourth-order valence-electron chi connectivity index (χ4n) is 1.33. The molecule has 68 valence electrons. The van der Waals surface area contributed by atoms with E-state index in [0.717, 1.165) is 16.5 Å². The molecule has 1 heterocycles. The van der Waals surface area contributed by atoms with Gasteiger partial charge >= 0.3 is 0 Å². The number of benzene rings is 1. The van der Waals surface area contributed by atoms with Gasteiger partial charge in [-0.05, 0) is 18.6 Å². The SMILES string of the molecule is COc1cc2occ(C)c2cc1O. The summed E-state index contributed by atoms with van der Waals surface area (Å²) >= 11 is 0. The highest BCUT2D eigenvalue weighted by atomic mass is 16.5. The number of hydrogen-bond acceptors (Lipinski definition) is 3. The van der Waals surface area contributed by atoms with Crippen LogP contribution in [0.1, 0.15) is 5.56 Å². The Hall–Kier alpha value is -1.64. The number of ether oxygens (including phenoxy) is 1. The number of methoxy groups -OCH3 is 1. The molecule has 0 aliphatic rings. The first kappa shape index (κ1) is 7.98. The number of fused-ring (bicyclic) bond motifs is 1. The Morgan fingerprint density at radius 3 is 2.85 bits per heavy atom. The molecule has 0 atom stereocenters. The molecule has 0 bridgehead atoms. The Morgan fingerprint density at radius 1 is 1.38 bits per heavy atom. The fourth-order valence-corrected chi connectivity index (χ4v) is 1.33. The first-order valence-corrected chi connectivity index (χ1v) is 3.97. The monoisotopic (exact) mass is 178 g/mol. The molecule has 0 saturated carbocycles. The molecule has 0 aliphatic carbocycles. The molecule has 0 radical (unpaired) electrons. The van der Waals surface area contributed by atoms with Gasteiger partial charge in [0.1, 0.15) is 5.58 Å². The standard InChI is InChI=1S/C10H10O3/c1-6-5-13-9-4-10(12-2)8(11)3-7(6)9/h3-5,11H,1-2H3. The number of hydrogen-bond donors (Lipinski definition) is 1. The zero-order chi connectivity index (χ0) is 9.42. The molecule has 1 N–H and O–H groups in total. The highest BCUT2D eigenvalue weighted by molar-refractivity contribution is 5.84. The summed E-state index contributed by atoms with van der Waals surface area (Å²) in [7, 11) is 1.51. The first-order chi connectivity index (χ1) is 6.22. The second-order valence-electron chi connectivity index (χ2n) is 2.94. The van der Waals surface area contributed by atoms with Crippen LogP contribution in [-0.4, -0.2) is 12.2 Å². The molecule has 1 aromatic heterocycles. The van der Waals surface area contributed by atoms with E-state index in [9.17, 15) is 5.11 Å². The van der Waals surface area contributed by atoms with Crippen LogP contribution in [0.25, 0.3) is 11.0 Å². The van der Waals surface area contributed by atoms with Gasteiger partial charge in [-0.3, -0.25) is 0 Å². The average Bonchev–Trinajstić information content (AvgIpc) is 2.47. The zero-order valence-corrected chi connectivity index (χ0v) is 7.50. The molecule has 13 heavy (non-hydrogen) atoms. The van der Waals surface area contributed by atoms with Crippen molar-refractivity contribution in [2.24, 2.45) is 0 Å². The van der Waals surface area contributed by atoms with Crippen LogP contribution in [-0.2, 0) is 0 Å². The minimum absolute atomic E-state index is 0.138. The third-order valence-electron chi connectivity index (χ3n) is 2.07. The predicted octanol–water partition coefficient (Wildman–Crippen LogP) is 2.46. The Bertz CT molecular complexity index is 443. The van der Waals surface area contributed by atoms with Gasteiger partial charge in [-0.15, -0.1) is 0 Å². The molecule has 3 nitrogen and oxygen atoms in total. The van der Waals surface area contributed by atoms with Gasteiger partial charge in [-0.2, -0.15) is 0 Å². The van der Waals surface area contributed by atoms with Gasteiger partial charge in [0.2, 0.25) is 0 Å². The Labute approximate surface area is 75.5 Å². The van der Waals surface area contributed by atoms with E-state index in [4.69, 9.17) is 9.15 Å². The van der Waals surface area contributed by atoms with Crippen LogP contribution in [0, 0.1) is 6.92 Å². The molecule has 0 aliphatic heterocycles. The Kier molecular flexibility index (Phi) is 1.65. The summed E-state index contributed by atoms with van der Waals surface area (Å²) in [5, 5.41) is 10.4. The topological polar surface area (TPSA) is 42.6 Å². The first-order valence-electron chi connectivity index (χ1n) is 3.97. The summed E-state index contributed by atoms with van der Waals surface area (Å²) in [5.74, 6) is 0.571. The van der Waals surface area contributed by atoms with Crippen LogP contribution in [0.2, 0.25) is 0 Å². The molecule has 0 unspecified atom stereocenters. The van der Waals surface area contributed by atoms with E-state index in [2.05, 4.69) is 0 Å². The van der Waals surface area contributed by atoms with Crippen LogP contribution in [0.5, 0.6) is 11.5 Å². The fraction of sp³-hybridized carbons (Fsp3) is 0.200. The number of rotatable bonds is 1. The lowest BCUT2D eigenvalue weighted by Gasteiger charge is -2.01. The van der Waals surface area contributed by atoms with Crippen LogP contribution in [0.4, 0.5) is 0 Å². The van der Waals surface area contributed by atoms with Crippen molar-refractivity contribution in [1.82, 2.24) is 0 Å². The van der Waals surface area contributed by atoms with Crippen LogP contribution in [0.15, 0.2) is 22.8 Å². The van der Waals surface area contributed by atoms with Gasteiger partial charge in [0, 0.05) is 11.5 Å². The van der Waals surface area contributed by atoms with E-state index in [-0.39, 0.29) is 5.75 Å². The van der Waals surface area contributed by atoms with Gasteiger partial charge in [0.25, 0.3) is 0 Å². The van der Waals surface area contributed by atoms with E-state index in [0.29, 0.717) is 5.75 Å². The third kappa shape index (κ3) is 1.13. The number of aromatic hydroxyl groups is 1. The summed E-state index contributed by atoms with van der Waals surface area (Å²) in [6, 6.07) is 3.32. The number of aryl methyl sites for hydroxylation is 1. The maximum atomic E-state index is 9.48. The van der Waals surface area contributed by atoms with Gasteiger partial charge < -0.3 is 14.3 Å².